The summed E-state index contributed by atoms with van der Waals surface area (Å²) in [6.45, 7) is 40.6. The first-order valence-electron chi connectivity index (χ1n) is 37.1. The highest BCUT2D eigenvalue weighted by molar-refractivity contribution is 6.01. The molecule has 101 heavy (non-hydrogen) atoms. The van der Waals surface area contributed by atoms with Gasteiger partial charge in [0.05, 0.1) is 36.0 Å². The zero-order valence-electron chi connectivity index (χ0n) is 64.3. The summed E-state index contributed by atoms with van der Waals surface area (Å²) in [4.78, 5) is 124. The first-order chi connectivity index (χ1) is 47.3. The number of benzene rings is 1. The SMILES string of the molecule is CC[C@H]1OC(=O)[C@H](C)C(=O)[C@H](C)[C@@H](O[C@@H]2O[C@H](C)C[C@H](C)[C@H]2C)C(C)(C)C[C@@H](C)C(=O)/C(C)=C/[C@]1(CC)OC(=O)n1ccnc1.CC[C@H]1OC(=O)[C@H](C)C(=O)[C@H](C)[C@@H](O[C@@H]2O[C@H](C)C[C@H](C)[C@H]2O)C(C)(C)C[C@@H](C)C(=O)[C@H](C)[C@H]2N(CCN(C)Cc3cnc4ccccc4c3)C(=O)O[C@]12CC. The van der Waals surface area contributed by atoms with E-state index in [0.29, 0.717) is 50.3 Å². The van der Waals surface area contributed by atoms with Crippen molar-refractivity contribution in [3.05, 3.63) is 72.5 Å². The lowest BCUT2D eigenvalue weighted by Gasteiger charge is -2.46. The van der Waals surface area contributed by atoms with Crippen LogP contribution in [0.2, 0.25) is 0 Å². The van der Waals surface area contributed by atoms with Crippen LogP contribution in [0.25, 0.3) is 10.9 Å². The molecule has 5 aliphatic heterocycles. The van der Waals surface area contributed by atoms with Crippen molar-refractivity contribution in [3.8, 4) is 0 Å². The van der Waals surface area contributed by atoms with E-state index in [1.807, 2.05) is 121 Å². The molecule has 0 saturated carbocycles. The number of aromatic nitrogens is 3. The predicted molar refractivity (Wildman–Crippen MR) is 381 cm³/mol. The highest BCUT2D eigenvalue weighted by Gasteiger charge is 2.62. The number of ketones is 4. The molecule has 1 aromatic carbocycles. The third kappa shape index (κ3) is 18.4. The van der Waals surface area contributed by atoms with Gasteiger partial charge >= 0.3 is 24.1 Å². The summed E-state index contributed by atoms with van der Waals surface area (Å²) in [7, 11) is 1.98. The maximum Gasteiger partial charge on any atom is 0.420 e. The molecule has 0 aliphatic carbocycles. The van der Waals surface area contributed by atoms with Gasteiger partial charge in [0.25, 0.3) is 0 Å². The number of carbonyl (C=O) groups excluding carboxylic acids is 8. The molecule has 3 aromatic rings. The number of allylic oxidation sites excluding steroid dienone is 1. The Morgan fingerprint density at radius 3 is 1.82 bits per heavy atom. The number of imidazole rings is 1. The molecular weight excluding hydrogens is 1290 g/mol. The molecule has 0 radical (unpaired) electrons. The largest absolute Gasteiger partial charge is 0.457 e. The predicted octanol–water partition coefficient (Wildman–Crippen LogP) is 13.1. The van der Waals surface area contributed by atoms with E-state index in [2.05, 4.69) is 34.8 Å². The number of carbonyl (C=O) groups is 8. The number of rotatable bonds is 14. The minimum atomic E-state index is -1.47. The van der Waals surface area contributed by atoms with E-state index in [9.17, 15) is 43.5 Å². The number of nitrogens with zero attached hydrogens (tertiary/aromatic N) is 5. The molecule has 0 bridgehead atoms. The van der Waals surface area contributed by atoms with E-state index < -0.39 is 137 Å². The van der Waals surface area contributed by atoms with Gasteiger partial charge in [0, 0.05) is 79.1 Å². The molecule has 0 unspecified atom stereocenters. The zero-order chi connectivity index (χ0) is 75.1. The van der Waals surface area contributed by atoms with E-state index in [4.69, 9.17) is 37.9 Å². The van der Waals surface area contributed by atoms with Gasteiger partial charge in [0.1, 0.15) is 42.3 Å². The second-order valence-electron chi connectivity index (χ2n) is 31.8. The number of ether oxygens (including phenoxy) is 8. The maximum atomic E-state index is 14.7. The number of para-hydroxylation sites is 1. The van der Waals surface area contributed by atoms with Crippen LogP contribution in [0.4, 0.5) is 9.59 Å². The Morgan fingerprint density at radius 1 is 0.703 bits per heavy atom. The van der Waals surface area contributed by atoms with Crippen LogP contribution in [0.15, 0.2) is 66.9 Å². The lowest BCUT2D eigenvalue weighted by Crippen LogP contribution is -2.60. The number of fused-ring (bicyclic) bond motifs is 2. The van der Waals surface area contributed by atoms with Crippen molar-refractivity contribution in [2.24, 2.45) is 70.0 Å². The Kier molecular flexibility index (Phi) is 27.7. The summed E-state index contributed by atoms with van der Waals surface area (Å²) in [5.41, 5.74) is -1.91. The van der Waals surface area contributed by atoms with E-state index in [0.717, 1.165) is 22.9 Å². The molecule has 22 nitrogen and oxygen atoms in total. The number of hydrogen-bond donors (Lipinski definition) is 1. The second kappa shape index (κ2) is 34.1. The number of aliphatic hydroxyl groups is 1. The van der Waals surface area contributed by atoms with Crippen molar-refractivity contribution in [2.75, 3.05) is 20.1 Å². The molecule has 1 N–H and O–H groups in total. The number of pyridine rings is 1. The van der Waals surface area contributed by atoms with Crippen molar-refractivity contribution in [2.45, 2.75) is 276 Å². The van der Waals surface area contributed by atoms with Gasteiger partial charge in [-0.1, -0.05) is 129 Å². The number of hydrogen-bond acceptors (Lipinski definition) is 20. The van der Waals surface area contributed by atoms with Gasteiger partial charge in [0.15, 0.2) is 41.1 Å². The fraction of sp³-hybridized carbons (Fsp3) is 0.722. The van der Waals surface area contributed by atoms with E-state index in [-0.39, 0.29) is 73.0 Å². The van der Waals surface area contributed by atoms with Gasteiger partial charge in [-0.3, -0.25) is 38.7 Å². The summed E-state index contributed by atoms with van der Waals surface area (Å²) in [6, 6.07) is 9.31. The van der Waals surface area contributed by atoms with E-state index in [1.54, 1.807) is 59.4 Å². The fourth-order valence-corrected chi connectivity index (χ4v) is 16.9. The lowest BCUT2D eigenvalue weighted by atomic mass is 9.69. The normalized spacial score (nSPS) is 36.9. The zero-order valence-corrected chi connectivity index (χ0v) is 64.3. The molecule has 2 aromatic heterocycles. The summed E-state index contributed by atoms with van der Waals surface area (Å²) in [5, 5.41) is 12.2. The Balaban J connectivity index is 0.000000291. The first-order valence-corrected chi connectivity index (χ1v) is 37.1. The van der Waals surface area contributed by atoms with Gasteiger partial charge in [-0.15, -0.1) is 0 Å². The van der Waals surface area contributed by atoms with Crippen LogP contribution in [0.1, 0.15) is 202 Å². The number of esters is 2. The molecule has 0 spiro atoms. The molecular formula is C79H119N5O17. The highest BCUT2D eigenvalue weighted by atomic mass is 16.7. The lowest BCUT2D eigenvalue weighted by molar-refractivity contribution is -0.284. The fourth-order valence-electron chi connectivity index (χ4n) is 16.9. The minimum absolute atomic E-state index is 0.00343. The van der Waals surface area contributed by atoms with Crippen LogP contribution in [0.3, 0.4) is 0 Å². The van der Waals surface area contributed by atoms with Crippen molar-refractivity contribution >= 4 is 58.2 Å². The Morgan fingerprint density at radius 2 is 1.26 bits per heavy atom. The van der Waals surface area contributed by atoms with Crippen LogP contribution in [-0.2, 0) is 73.2 Å². The average Bonchev–Trinajstić information content (AvgIpc) is 1.60. The Labute approximate surface area is 599 Å². The monoisotopic (exact) mass is 1410 g/mol. The van der Waals surface area contributed by atoms with Crippen molar-refractivity contribution in [1.82, 2.24) is 24.3 Å². The van der Waals surface area contributed by atoms with Crippen LogP contribution < -0.4 is 0 Å². The second-order valence-corrected chi connectivity index (χ2v) is 31.8. The summed E-state index contributed by atoms with van der Waals surface area (Å²) in [6.07, 6.45) is 3.88. The van der Waals surface area contributed by atoms with Gasteiger partial charge in [-0.25, -0.2) is 19.1 Å². The number of amides is 1. The first kappa shape index (κ1) is 82.0. The summed E-state index contributed by atoms with van der Waals surface area (Å²) < 4.78 is 51.4. The molecule has 8 rings (SSSR count). The van der Waals surface area contributed by atoms with Gasteiger partial charge in [0.2, 0.25) is 0 Å². The number of aliphatic hydroxyl groups excluding tert-OH is 1. The molecule has 22 atom stereocenters. The highest BCUT2D eigenvalue weighted by Crippen LogP contribution is 2.47. The summed E-state index contributed by atoms with van der Waals surface area (Å²) >= 11 is 0. The van der Waals surface area contributed by atoms with E-state index >= 15 is 0 Å². The van der Waals surface area contributed by atoms with Gasteiger partial charge in [-0.2, -0.15) is 0 Å². The molecule has 4 saturated heterocycles. The number of likely N-dealkylation sites (N-methyl/N-ethyl adjacent to an activating group) is 1. The van der Waals surface area contributed by atoms with Crippen LogP contribution in [0.5, 0.6) is 0 Å². The molecule has 5 aliphatic rings. The maximum absolute atomic E-state index is 14.7. The van der Waals surface area contributed by atoms with Crippen LogP contribution in [0, 0.1) is 70.0 Å². The Bertz CT molecular complexity index is 3410. The number of Topliss-reactive ketones (excluding diaryl/α,β-unsaturated/α-hetero) is 4. The van der Waals surface area contributed by atoms with Crippen LogP contribution in [-0.4, -0.2) is 169 Å². The van der Waals surface area contributed by atoms with Crippen molar-refractivity contribution < 1.29 is 81.4 Å². The number of cyclic esters (lactones) is 2. The van der Waals surface area contributed by atoms with E-state index in [1.165, 1.54) is 23.3 Å². The van der Waals surface area contributed by atoms with Crippen molar-refractivity contribution in [1.29, 1.82) is 0 Å². The molecule has 1 amide bonds. The van der Waals surface area contributed by atoms with Crippen molar-refractivity contribution in [3.63, 3.8) is 0 Å². The Hall–Kier alpha value is -6.30. The van der Waals surface area contributed by atoms with Gasteiger partial charge < -0.3 is 47.9 Å². The van der Waals surface area contributed by atoms with Crippen LogP contribution >= 0.6 is 0 Å². The minimum Gasteiger partial charge on any atom is -0.457 e. The molecule has 7 heterocycles. The third-order valence-electron chi connectivity index (χ3n) is 22.8. The third-order valence-corrected chi connectivity index (χ3v) is 22.8. The smallest absolute Gasteiger partial charge is 0.420 e. The van der Waals surface area contributed by atoms with Gasteiger partial charge in [-0.05, 0) is 145 Å². The average molecular weight is 1410 g/mol. The molecule has 4 fully saturated rings. The molecule has 562 valence electrons. The summed E-state index contributed by atoms with van der Waals surface area (Å²) in [5.74, 6) is -7.43. The standard InChI is InChI=1S/C44H65N3O9.C35H54N2O8/c1-12-34-44(13-2)38(47(42(52)56-44)19-18-46(11)24-31-21-32-16-14-15-17-33(32)45-23-31)28(6)35(48)26(4)22-43(9,10)39(29(7)37(50)30(8)40(51)54-34)55-41-36(49)25(3)20-27(5)53-41;1-12-27-35(13-2,45-33(41)37-15-14-36-19-37)18-22(5)28(38)21(4)17-34(10,11)30(25(8)29(39)26(9)31(40)43-27)44-32-24(7)20(3)16-23(6)42-32/h14-17,21,23,25-30,34,36,38-39,41,49H,12-13,18-20,22,24H2,1-11H3;14-15,18-21,23-27,30,32H,12-13,16-17H2,1-11H3/b;22-18+/t25-,26+,27+,28-,29-,30+,34+,36+,38+,39+,41-,44+;20-,21+,23+,24+,25-,26+,27+,30+,32-,35-/m00/s1. The topological polar surface area (TPSA) is 268 Å². The molecule has 22 heteroatoms. The quantitative estimate of drug-likeness (QED) is 0.0892.